The van der Waals surface area contributed by atoms with Crippen LogP contribution in [0.4, 0.5) is 0 Å². The standard InChI is InChI=1S/C21H20O10/c1-30-18-10-12(3-8-16(18)24)2-6-14(22)11-15(23)7-4-13-5-9-17(25)20(19(13)26)31-21(27,28)29/h2-10,24-29H,11H2,1H3/b6-2+,7-4+. The largest absolute Gasteiger partial charge is 0.504 e. The summed E-state index contributed by atoms with van der Waals surface area (Å²) in [4.78, 5) is 24.0. The molecular weight excluding hydrogens is 412 g/mol. The number of ether oxygens (including phenoxy) is 2. The van der Waals surface area contributed by atoms with Gasteiger partial charge in [0.1, 0.15) is 0 Å². The van der Waals surface area contributed by atoms with Crippen molar-refractivity contribution in [1.82, 2.24) is 0 Å². The molecule has 2 aromatic carbocycles. The lowest BCUT2D eigenvalue weighted by molar-refractivity contribution is -0.420. The number of benzene rings is 2. The lowest BCUT2D eigenvalue weighted by atomic mass is 10.1. The predicted octanol–water partition coefficient (Wildman–Crippen LogP) is 1.03. The summed E-state index contributed by atoms with van der Waals surface area (Å²) in [6, 6.07) is 6.66. The minimum Gasteiger partial charge on any atom is -0.504 e. The lowest BCUT2D eigenvalue weighted by Gasteiger charge is -2.17. The van der Waals surface area contributed by atoms with Gasteiger partial charge in [0.05, 0.1) is 13.5 Å². The number of aliphatic hydroxyl groups is 3. The first-order valence-electron chi connectivity index (χ1n) is 8.70. The van der Waals surface area contributed by atoms with Crippen molar-refractivity contribution < 1.29 is 49.7 Å². The highest BCUT2D eigenvalue weighted by molar-refractivity contribution is 6.11. The van der Waals surface area contributed by atoms with Crippen LogP contribution in [0.1, 0.15) is 17.5 Å². The van der Waals surface area contributed by atoms with Gasteiger partial charge in [-0.15, -0.1) is 0 Å². The molecule has 0 saturated heterocycles. The molecule has 0 bridgehead atoms. The topological polar surface area (TPSA) is 174 Å². The van der Waals surface area contributed by atoms with E-state index in [4.69, 9.17) is 20.1 Å². The molecular formula is C21H20O10. The second-order valence-corrected chi connectivity index (χ2v) is 6.23. The Labute approximate surface area is 176 Å². The van der Waals surface area contributed by atoms with Crippen molar-refractivity contribution in [3.8, 4) is 28.7 Å². The Morgan fingerprint density at radius 1 is 0.935 bits per heavy atom. The number of hydrogen-bond donors (Lipinski definition) is 6. The summed E-state index contributed by atoms with van der Waals surface area (Å²) in [7, 11) is 1.38. The second kappa shape index (κ2) is 9.76. The molecule has 0 unspecified atom stereocenters. The smallest absolute Gasteiger partial charge is 0.453 e. The molecule has 0 aromatic heterocycles. The summed E-state index contributed by atoms with van der Waals surface area (Å²) in [6.45, 7) is 0. The molecule has 10 heteroatoms. The van der Waals surface area contributed by atoms with Gasteiger partial charge in [-0.25, -0.2) is 0 Å². The average molecular weight is 432 g/mol. The van der Waals surface area contributed by atoms with Crippen LogP contribution in [0.15, 0.2) is 42.5 Å². The summed E-state index contributed by atoms with van der Waals surface area (Å²) >= 11 is 0. The van der Waals surface area contributed by atoms with Crippen molar-refractivity contribution in [3.05, 3.63) is 53.6 Å². The molecule has 0 saturated carbocycles. The van der Waals surface area contributed by atoms with E-state index in [9.17, 15) is 24.9 Å². The molecule has 0 aliphatic heterocycles. The molecule has 0 aliphatic rings. The fourth-order valence-corrected chi connectivity index (χ4v) is 2.41. The minimum atomic E-state index is -3.65. The summed E-state index contributed by atoms with van der Waals surface area (Å²) in [5.41, 5.74) is 0.504. The van der Waals surface area contributed by atoms with Crippen LogP contribution in [-0.2, 0) is 9.59 Å². The van der Waals surface area contributed by atoms with Crippen molar-refractivity contribution in [3.63, 3.8) is 0 Å². The normalized spacial score (nSPS) is 11.7. The summed E-state index contributed by atoms with van der Waals surface area (Å²) in [5.74, 6) is -3.25. The van der Waals surface area contributed by atoms with Gasteiger partial charge in [-0.2, -0.15) is 0 Å². The number of aromatic hydroxyl groups is 3. The van der Waals surface area contributed by atoms with E-state index < -0.39 is 41.4 Å². The minimum absolute atomic E-state index is 0.0556. The monoisotopic (exact) mass is 432 g/mol. The number of carbonyl (C=O) groups excluding carboxylic acids is 2. The highest BCUT2D eigenvalue weighted by Crippen LogP contribution is 2.40. The van der Waals surface area contributed by atoms with E-state index in [0.29, 0.717) is 5.56 Å². The van der Waals surface area contributed by atoms with Crippen molar-refractivity contribution in [2.45, 2.75) is 12.6 Å². The van der Waals surface area contributed by atoms with Crippen LogP contribution < -0.4 is 9.47 Å². The third-order valence-electron chi connectivity index (χ3n) is 3.84. The van der Waals surface area contributed by atoms with Gasteiger partial charge in [0.2, 0.25) is 5.75 Å². The molecule has 0 amide bonds. The second-order valence-electron chi connectivity index (χ2n) is 6.23. The molecule has 2 rings (SSSR count). The Morgan fingerprint density at radius 2 is 1.55 bits per heavy atom. The third-order valence-corrected chi connectivity index (χ3v) is 3.84. The molecule has 0 radical (unpaired) electrons. The maximum absolute atomic E-state index is 12.0. The van der Waals surface area contributed by atoms with Crippen LogP contribution in [0.5, 0.6) is 28.7 Å². The molecule has 0 spiro atoms. The van der Waals surface area contributed by atoms with Gasteiger partial charge in [0, 0.05) is 5.56 Å². The van der Waals surface area contributed by atoms with Crippen molar-refractivity contribution >= 4 is 23.7 Å². The Bertz CT molecular complexity index is 1030. The van der Waals surface area contributed by atoms with E-state index in [2.05, 4.69) is 4.74 Å². The third kappa shape index (κ3) is 6.85. The molecule has 0 fully saturated rings. The number of phenolic OH excluding ortho intramolecular Hbond substituents is 3. The number of hydrogen-bond acceptors (Lipinski definition) is 10. The fourth-order valence-electron chi connectivity index (χ4n) is 2.41. The Balaban J connectivity index is 2.05. The van der Waals surface area contributed by atoms with Gasteiger partial charge in [0.15, 0.2) is 34.6 Å². The zero-order valence-corrected chi connectivity index (χ0v) is 16.2. The molecule has 31 heavy (non-hydrogen) atoms. The maximum Gasteiger partial charge on any atom is 0.453 e. The number of rotatable bonds is 9. The first-order chi connectivity index (χ1) is 14.5. The van der Waals surface area contributed by atoms with E-state index in [1.807, 2.05) is 0 Å². The van der Waals surface area contributed by atoms with Gasteiger partial charge >= 0.3 is 6.16 Å². The van der Waals surface area contributed by atoms with E-state index in [1.54, 1.807) is 6.07 Å². The highest BCUT2D eigenvalue weighted by Gasteiger charge is 2.26. The highest BCUT2D eigenvalue weighted by atomic mass is 16.9. The predicted molar refractivity (Wildman–Crippen MR) is 107 cm³/mol. The number of carbonyl (C=O) groups is 2. The van der Waals surface area contributed by atoms with Crippen molar-refractivity contribution in [2.24, 2.45) is 0 Å². The zero-order chi connectivity index (χ0) is 23.2. The van der Waals surface area contributed by atoms with Crippen molar-refractivity contribution in [1.29, 1.82) is 0 Å². The number of allylic oxidation sites excluding steroid dienone is 2. The van der Waals surface area contributed by atoms with Crippen LogP contribution in [0.25, 0.3) is 12.2 Å². The van der Waals surface area contributed by atoms with Crippen LogP contribution >= 0.6 is 0 Å². The molecule has 6 N–H and O–H groups in total. The molecule has 2 aromatic rings. The summed E-state index contributed by atoms with van der Waals surface area (Å²) in [6.07, 6.45) is 0.617. The van der Waals surface area contributed by atoms with Crippen LogP contribution in [0.3, 0.4) is 0 Å². The molecule has 10 nitrogen and oxygen atoms in total. The van der Waals surface area contributed by atoms with Gasteiger partial charge in [-0.3, -0.25) is 9.59 Å². The first kappa shape index (κ1) is 23.4. The number of methoxy groups -OCH3 is 1. The van der Waals surface area contributed by atoms with E-state index in [0.717, 1.165) is 18.2 Å². The summed E-state index contributed by atoms with van der Waals surface area (Å²) in [5, 5.41) is 55.7. The maximum atomic E-state index is 12.0. The number of ketones is 2. The lowest BCUT2D eigenvalue weighted by Crippen LogP contribution is -2.34. The number of phenols is 3. The zero-order valence-electron chi connectivity index (χ0n) is 16.2. The summed E-state index contributed by atoms with van der Waals surface area (Å²) < 4.78 is 9.20. The molecule has 164 valence electrons. The fraction of sp³-hybridized carbons (Fsp3) is 0.143. The van der Waals surface area contributed by atoms with E-state index >= 15 is 0 Å². The Kier molecular flexibility index (Phi) is 7.37. The first-order valence-corrected chi connectivity index (χ1v) is 8.70. The van der Waals surface area contributed by atoms with Gasteiger partial charge in [0.25, 0.3) is 0 Å². The van der Waals surface area contributed by atoms with Crippen LogP contribution in [0, 0.1) is 0 Å². The van der Waals surface area contributed by atoms with Crippen LogP contribution in [0.2, 0.25) is 0 Å². The average Bonchev–Trinajstić information content (AvgIpc) is 2.69. The van der Waals surface area contributed by atoms with Gasteiger partial charge < -0.3 is 40.1 Å². The molecule has 0 aliphatic carbocycles. The SMILES string of the molecule is COc1cc(/C=C/C(=O)CC(=O)/C=C/c2ccc(O)c(OC(O)(O)O)c2O)ccc1O. The Hall–Kier alpha value is -3.86. The van der Waals surface area contributed by atoms with Crippen molar-refractivity contribution in [2.75, 3.05) is 7.11 Å². The Morgan fingerprint density at radius 3 is 2.16 bits per heavy atom. The van der Waals surface area contributed by atoms with Gasteiger partial charge in [-0.05, 0) is 48.1 Å². The van der Waals surface area contributed by atoms with E-state index in [1.165, 1.54) is 37.5 Å². The van der Waals surface area contributed by atoms with Crippen LogP contribution in [-0.4, -0.2) is 55.5 Å². The van der Waals surface area contributed by atoms with E-state index in [-0.39, 0.29) is 17.1 Å². The van der Waals surface area contributed by atoms with Gasteiger partial charge in [-0.1, -0.05) is 12.1 Å². The molecule has 0 heterocycles. The molecule has 0 atom stereocenters. The quantitative estimate of drug-likeness (QED) is 0.191.